The molecule has 164 valence electrons. The van der Waals surface area contributed by atoms with Gasteiger partial charge in [0.05, 0.1) is 21.0 Å². The van der Waals surface area contributed by atoms with E-state index >= 15 is 0 Å². The van der Waals surface area contributed by atoms with Gasteiger partial charge in [0.1, 0.15) is 5.82 Å². The Bertz CT molecular complexity index is 1420. The number of pyridine rings is 1. The Labute approximate surface area is 193 Å². The molecule has 2 heterocycles. The van der Waals surface area contributed by atoms with Gasteiger partial charge in [0.15, 0.2) is 5.65 Å². The van der Waals surface area contributed by atoms with Crippen LogP contribution in [0.4, 0.5) is 0 Å². The van der Waals surface area contributed by atoms with E-state index in [1.165, 1.54) is 18.3 Å². The van der Waals surface area contributed by atoms with Crippen LogP contribution in [0, 0.1) is 0 Å². The highest BCUT2D eigenvalue weighted by Crippen LogP contribution is 2.30. The van der Waals surface area contributed by atoms with Crippen molar-refractivity contribution in [1.29, 1.82) is 0 Å². The summed E-state index contributed by atoms with van der Waals surface area (Å²) in [5.74, 6) is 0.181. The Morgan fingerprint density at radius 3 is 2.53 bits per heavy atom. The minimum atomic E-state index is -3.73. The number of imidazole rings is 1. The first-order chi connectivity index (χ1) is 15.2. The third-order valence-corrected chi connectivity index (χ3v) is 6.25. The van der Waals surface area contributed by atoms with Gasteiger partial charge in [-0.3, -0.25) is 4.79 Å². The Hall–Kier alpha value is -2.98. The van der Waals surface area contributed by atoms with Crippen molar-refractivity contribution in [2.45, 2.75) is 11.3 Å². The first kappa shape index (κ1) is 22.2. The lowest BCUT2D eigenvalue weighted by atomic mass is 10.1. The predicted octanol–water partition coefficient (Wildman–Crippen LogP) is 3.55. The second-order valence-electron chi connectivity index (χ2n) is 6.96. The molecule has 4 aromatic rings. The molecular formula is C21H17Cl2N5O3S. The highest BCUT2D eigenvalue weighted by atomic mass is 35.5. The lowest BCUT2D eigenvalue weighted by Crippen LogP contribution is -2.26. The summed E-state index contributed by atoms with van der Waals surface area (Å²) < 4.78 is 22.7. The number of fused-ring (bicyclic) bond motifs is 1. The number of halogens is 2. The Kier molecular flexibility index (Phi) is 6.16. The standard InChI is InChI=1S/C21H17Cl2N5O3S/c22-13-3-6-15(17(23)11-13)19-27-18-16(8-10-25-20(18)28-19)21(29)26-9-7-12-1-4-14(5-2-12)32(24,30)31/h1-6,8,10-11H,7,9H2,(H,26,29)(H2,24,30,31)(H,25,27,28). The molecule has 0 aliphatic carbocycles. The smallest absolute Gasteiger partial charge is 0.253 e. The number of amides is 1. The van der Waals surface area contributed by atoms with Crippen LogP contribution in [0.15, 0.2) is 59.6 Å². The molecule has 11 heteroatoms. The number of benzene rings is 2. The number of nitrogens with two attached hydrogens (primary N) is 1. The molecule has 0 spiro atoms. The zero-order chi connectivity index (χ0) is 22.9. The molecule has 2 aromatic heterocycles. The van der Waals surface area contributed by atoms with Crippen LogP contribution in [0.1, 0.15) is 15.9 Å². The number of sulfonamides is 1. The van der Waals surface area contributed by atoms with Crippen molar-refractivity contribution in [3.05, 3.63) is 75.9 Å². The second kappa shape index (κ2) is 8.87. The Morgan fingerprint density at radius 2 is 1.84 bits per heavy atom. The molecule has 0 aliphatic heterocycles. The number of carbonyl (C=O) groups excluding carboxylic acids is 1. The molecule has 0 atom stereocenters. The summed E-state index contributed by atoms with van der Waals surface area (Å²) in [4.78, 5) is 24.6. The fourth-order valence-electron chi connectivity index (χ4n) is 3.17. The maximum absolute atomic E-state index is 12.8. The van der Waals surface area contributed by atoms with Gasteiger partial charge in [-0.2, -0.15) is 0 Å². The molecule has 0 aliphatic rings. The van der Waals surface area contributed by atoms with Gasteiger partial charge in [-0.05, 0) is 48.4 Å². The SMILES string of the molecule is NS(=O)(=O)c1ccc(CCNC(=O)c2ccnc3nc(-c4ccc(Cl)cc4Cl)[nH]c23)cc1. The molecule has 0 bridgehead atoms. The van der Waals surface area contributed by atoms with Crippen molar-refractivity contribution in [2.75, 3.05) is 6.54 Å². The summed E-state index contributed by atoms with van der Waals surface area (Å²) in [6, 6.07) is 12.9. The minimum Gasteiger partial charge on any atom is -0.352 e. The molecule has 32 heavy (non-hydrogen) atoms. The van der Waals surface area contributed by atoms with E-state index in [1.54, 1.807) is 36.4 Å². The van der Waals surface area contributed by atoms with Gasteiger partial charge in [-0.15, -0.1) is 0 Å². The van der Waals surface area contributed by atoms with Gasteiger partial charge in [-0.25, -0.2) is 23.5 Å². The van der Waals surface area contributed by atoms with Gasteiger partial charge >= 0.3 is 0 Å². The number of aromatic amines is 1. The average Bonchev–Trinajstić information content (AvgIpc) is 3.17. The van der Waals surface area contributed by atoms with Gasteiger partial charge < -0.3 is 10.3 Å². The fourth-order valence-corrected chi connectivity index (χ4v) is 4.18. The molecule has 2 aromatic carbocycles. The molecule has 0 saturated carbocycles. The number of primary sulfonamides is 1. The van der Waals surface area contributed by atoms with Crippen molar-refractivity contribution in [3.8, 4) is 11.4 Å². The lowest BCUT2D eigenvalue weighted by Gasteiger charge is -2.07. The summed E-state index contributed by atoms with van der Waals surface area (Å²) in [6.45, 7) is 0.349. The molecule has 0 radical (unpaired) electrons. The summed E-state index contributed by atoms with van der Waals surface area (Å²) in [5, 5.41) is 8.88. The van der Waals surface area contributed by atoms with Crippen LogP contribution in [0.25, 0.3) is 22.6 Å². The number of rotatable bonds is 6. The zero-order valence-electron chi connectivity index (χ0n) is 16.5. The number of nitrogens with one attached hydrogen (secondary N) is 2. The third kappa shape index (κ3) is 4.76. The highest BCUT2D eigenvalue weighted by Gasteiger charge is 2.16. The van der Waals surface area contributed by atoms with Crippen LogP contribution in [0.5, 0.6) is 0 Å². The number of H-pyrrole nitrogens is 1. The lowest BCUT2D eigenvalue weighted by molar-refractivity contribution is 0.0955. The average molecular weight is 490 g/mol. The summed E-state index contributed by atoms with van der Waals surface area (Å²) in [7, 11) is -3.73. The van der Waals surface area contributed by atoms with Crippen molar-refractivity contribution < 1.29 is 13.2 Å². The summed E-state index contributed by atoms with van der Waals surface area (Å²) in [5.41, 5.74) is 2.77. The Balaban J connectivity index is 1.49. The molecule has 0 fully saturated rings. The van der Waals surface area contributed by atoms with Crippen LogP contribution in [0.3, 0.4) is 0 Å². The third-order valence-electron chi connectivity index (χ3n) is 4.77. The van der Waals surface area contributed by atoms with Crippen molar-refractivity contribution in [1.82, 2.24) is 20.3 Å². The quantitative estimate of drug-likeness (QED) is 0.381. The van der Waals surface area contributed by atoms with Gasteiger partial charge in [0, 0.05) is 23.3 Å². The monoisotopic (exact) mass is 489 g/mol. The minimum absolute atomic E-state index is 0.0419. The maximum Gasteiger partial charge on any atom is 0.253 e. The fraction of sp³-hybridized carbons (Fsp3) is 0.0952. The topological polar surface area (TPSA) is 131 Å². The van der Waals surface area contributed by atoms with E-state index in [0.29, 0.717) is 51.1 Å². The highest BCUT2D eigenvalue weighted by molar-refractivity contribution is 7.89. The van der Waals surface area contributed by atoms with Crippen molar-refractivity contribution >= 4 is 50.3 Å². The normalized spacial score (nSPS) is 11.6. The van der Waals surface area contributed by atoms with E-state index in [4.69, 9.17) is 28.3 Å². The molecule has 1 amide bonds. The summed E-state index contributed by atoms with van der Waals surface area (Å²) >= 11 is 12.2. The van der Waals surface area contributed by atoms with Gasteiger partial charge in [-0.1, -0.05) is 35.3 Å². The molecule has 0 unspecified atom stereocenters. The van der Waals surface area contributed by atoms with E-state index in [0.717, 1.165) is 5.56 Å². The number of hydrogen-bond acceptors (Lipinski definition) is 5. The zero-order valence-corrected chi connectivity index (χ0v) is 18.8. The maximum atomic E-state index is 12.8. The number of nitrogens with zero attached hydrogens (tertiary/aromatic N) is 2. The first-order valence-corrected chi connectivity index (χ1v) is 11.7. The van der Waals surface area contributed by atoms with E-state index in [2.05, 4.69) is 20.3 Å². The number of hydrogen-bond donors (Lipinski definition) is 3. The first-order valence-electron chi connectivity index (χ1n) is 9.42. The predicted molar refractivity (Wildman–Crippen MR) is 123 cm³/mol. The molecule has 8 nitrogen and oxygen atoms in total. The number of aromatic nitrogens is 3. The van der Waals surface area contributed by atoms with Gasteiger partial charge in [0.2, 0.25) is 10.0 Å². The molecule has 4 rings (SSSR count). The van der Waals surface area contributed by atoms with E-state index in [1.807, 2.05) is 0 Å². The van der Waals surface area contributed by atoms with E-state index < -0.39 is 10.0 Å². The van der Waals surface area contributed by atoms with E-state index in [9.17, 15) is 13.2 Å². The van der Waals surface area contributed by atoms with Crippen LogP contribution in [-0.2, 0) is 16.4 Å². The van der Waals surface area contributed by atoms with Crippen LogP contribution in [0.2, 0.25) is 10.0 Å². The van der Waals surface area contributed by atoms with Crippen LogP contribution < -0.4 is 10.5 Å². The second-order valence-corrected chi connectivity index (χ2v) is 9.37. The molecule has 0 saturated heterocycles. The van der Waals surface area contributed by atoms with Gasteiger partial charge in [0.25, 0.3) is 5.91 Å². The molecular weight excluding hydrogens is 473 g/mol. The molecule has 4 N–H and O–H groups in total. The van der Waals surface area contributed by atoms with Crippen molar-refractivity contribution in [3.63, 3.8) is 0 Å². The number of carbonyl (C=O) groups is 1. The van der Waals surface area contributed by atoms with Crippen LogP contribution in [-0.4, -0.2) is 35.8 Å². The van der Waals surface area contributed by atoms with Crippen molar-refractivity contribution in [2.24, 2.45) is 5.14 Å². The Morgan fingerprint density at radius 1 is 1.09 bits per heavy atom. The van der Waals surface area contributed by atoms with Crippen LogP contribution >= 0.6 is 23.2 Å². The largest absolute Gasteiger partial charge is 0.352 e. The van der Waals surface area contributed by atoms with E-state index in [-0.39, 0.29) is 10.8 Å². The summed E-state index contributed by atoms with van der Waals surface area (Å²) in [6.07, 6.45) is 2.02.